The SMILES string of the molecule is COc1ccccc1NC(=O)Nc1nc(N2CCCCC2)nc(N(CCC(=O)O)Cc2cccc(C)c2)n1. The van der Waals surface area contributed by atoms with Crippen LogP contribution in [-0.2, 0) is 11.3 Å². The van der Waals surface area contributed by atoms with Crippen LogP contribution in [0.25, 0.3) is 0 Å². The number of carboxylic acids is 1. The van der Waals surface area contributed by atoms with Crippen LogP contribution in [0.1, 0.15) is 36.8 Å². The van der Waals surface area contributed by atoms with E-state index in [1.165, 1.54) is 7.11 Å². The Hall–Kier alpha value is -4.41. The second-order valence-corrected chi connectivity index (χ2v) is 9.14. The fourth-order valence-corrected chi connectivity index (χ4v) is 4.30. The number of benzene rings is 2. The van der Waals surface area contributed by atoms with Gasteiger partial charge < -0.3 is 25.0 Å². The molecule has 0 atom stereocenters. The Balaban J connectivity index is 1.64. The number of para-hydroxylation sites is 2. The summed E-state index contributed by atoms with van der Waals surface area (Å²) in [6, 6.07) is 14.5. The number of ether oxygens (including phenoxy) is 1. The number of aliphatic carboxylic acids is 1. The summed E-state index contributed by atoms with van der Waals surface area (Å²) in [4.78, 5) is 42.0. The van der Waals surface area contributed by atoms with Crippen molar-refractivity contribution in [3.05, 3.63) is 59.7 Å². The number of urea groups is 1. The van der Waals surface area contributed by atoms with Gasteiger partial charge in [-0.3, -0.25) is 10.1 Å². The first-order chi connectivity index (χ1) is 18.4. The number of nitrogens with one attached hydrogen (secondary N) is 2. The van der Waals surface area contributed by atoms with Crippen LogP contribution in [0.5, 0.6) is 5.75 Å². The molecule has 1 aliphatic rings. The average molecular weight is 520 g/mol. The molecule has 38 heavy (non-hydrogen) atoms. The van der Waals surface area contributed by atoms with Crippen LogP contribution in [-0.4, -0.2) is 58.8 Å². The molecule has 2 heterocycles. The van der Waals surface area contributed by atoms with E-state index in [0.29, 0.717) is 29.9 Å². The van der Waals surface area contributed by atoms with E-state index in [1.807, 2.05) is 37.3 Å². The first kappa shape index (κ1) is 26.6. The monoisotopic (exact) mass is 519 g/mol. The number of carbonyl (C=O) groups excluding carboxylic acids is 1. The summed E-state index contributed by atoms with van der Waals surface area (Å²) >= 11 is 0. The quantitative estimate of drug-likeness (QED) is 0.358. The maximum atomic E-state index is 12.9. The van der Waals surface area contributed by atoms with Gasteiger partial charge in [-0.25, -0.2) is 4.79 Å². The summed E-state index contributed by atoms with van der Waals surface area (Å²) in [6.07, 6.45) is 3.08. The van der Waals surface area contributed by atoms with Crippen LogP contribution < -0.4 is 25.2 Å². The molecule has 0 spiro atoms. The van der Waals surface area contributed by atoms with E-state index >= 15 is 0 Å². The minimum absolute atomic E-state index is 0.0764. The number of carboxylic acid groups (broad SMARTS) is 1. The topological polar surface area (TPSA) is 133 Å². The van der Waals surface area contributed by atoms with E-state index < -0.39 is 12.0 Å². The number of rotatable bonds is 10. The average Bonchev–Trinajstić information content (AvgIpc) is 2.91. The molecule has 11 nitrogen and oxygen atoms in total. The molecule has 0 bridgehead atoms. The van der Waals surface area contributed by atoms with Gasteiger partial charge in [0.15, 0.2) is 0 Å². The van der Waals surface area contributed by atoms with Crippen molar-refractivity contribution in [3.8, 4) is 5.75 Å². The first-order valence-electron chi connectivity index (χ1n) is 12.7. The molecular formula is C27H33N7O4. The third kappa shape index (κ3) is 7.31. The second-order valence-electron chi connectivity index (χ2n) is 9.14. The fraction of sp³-hybridized carbons (Fsp3) is 0.370. The summed E-state index contributed by atoms with van der Waals surface area (Å²) in [6.45, 7) is 4.20. The minimum Gasteiger partial charge on any atom is -0.495 e. The van der Waals surface area contributed by atoms with Crippen molar-refractivity contribution in [2.75, 3.05) is 47.2 Å². The lowest BCUT2D eigenvalue weighted by molar-refractivity contribution is -0.136. The largest absolute Gasteiger partial charge is 0.495 e. The Morgan fingerprint density at radius 2 is 1.82 bits per heavy atom. The highest BCUT2D eigenvalue weighted by molar-refractivity contribution is 5.99. The van der Waals surface area contributed by atoms with Gasteiger partial charge in [-0.2, -0.15) is 15.0 Å². The predicted octanol–water partition coefficient (Wildman–Crippen LogP) is 4.30. The van der Waals surface area contributed by atoms with Gasteiger partial charge in [0, 0.05) is 26.2 Å². The molecule has 1 fully saturated rings. The molecule has 2 aromatic carbocycles. The van der Waals surface area contributed by atoms with Crippen LogP contribution in [0.3, 0.4) is 0 Å². The van der Waals surface area contributed by atoms with Crippen molar-refractivity contribution in [2.24, 2.45) is 0 Å². The van der Waals surface area contributed by atoms with Gasteiger partial charge in [-0.1, -0.05) is 42.0 Å². The molecule has 11 heteroatoms. The number of piperidine rings is 1. The van der Waals surface area contributed by atoms with Crippen LogP contribution in [0.4, 0.5) is 28.3 Å². The van der Waals surface area contributed by atoms with E-state index in [9.17, 15) is 14.7 Å². The van der Waals surface area contributed by atoms with E-state index in [-0.39, 0.29) is 18.9 Å². The summed E-state index contributed by atoms with van der Waals surface area (Å²) in [5.41, 5.74) is 2.60. The lowest BCUT2D eigenvalue weighted by Gasteiger charge is -2.28. The second kappa shape index (κ2) is 12.7. The molecule has 200 valence electrons. The van der Waals surface area contributed by atoms with Crippen LogP contribution in [0, 0.1) is 6.92 Å². The number of amides is 2. The summed E-state index contributed by atoms with van der Waals surface area (Å²) in [5, 5.41) is 14.9. The normalized spacial score (nSPS) is 13.1. The van der Waals surface area contributed by atoms with Crippen LogP contribution in [0.2, 0.25) is 0 Å². The van der Waals surface area contributed by atoms with Gasteiger partial charge in [0.25, 0.3) is 0 Å². The zero-order chi connectivity index (χ0) is 26.9. The molecule has 1 saturated heterocycles. The van der Waals surface area contributed by atoms with E-state index in [2.05, 4.69) is 25.5 Å². The van der Waals surface area contributed by atoms with Crippen LogP contribution in [0.15, 0.2) is 48.5 Å². The third-order valence-electron chi connectivity index (χ3n) is 6.17. The number of anilines is 4. The van der Waals surface area contributed by atoms with Gasteiger partial charge in [-0.15, -0.1) is 0 Å². The Morgan fingerprint density at radius 1 is 1.03 bits per heavy atom. The highest BCUT2D eigenvalue weighted by Gasteiger charge is 2.21. The van der Waals surface area contributed by atoms with Gasteiger partial charge in [0.1, 0.15) is 5.75 Å². The van der Waals surface area contributed by atoms with Gasteiger partial charge in [0.05, 0.1) is 19.2 Å². The number of hydrogen-bond donors (Lipinski definition) is 3. The third-order valence-corrected chi connectivity index (χ3v) is 6.17. The van der Waals surface area contributed by atoms with Gasteiger partial charge in [0.2, 0.25) is 17.8 Å². The number of carbonyl (C=O) groups is 2. The standard InChI is InChI=1S/C27H33N7O4/c1-19-9-8-10-20(17-19)18-34(16-13-23(35)36)26-30-24(29-25(32-26)33-14-6-3-7-15-33)31-27(37)28-21-11-4-5-12-22(21)38-2/h4-5,8-12,17H,3,6-7,13-16,18H2,1-2H3,(H,35,36)(H2,28,29,30,31,32,37). The molecule has 2 amide bonds. The lowest BCUT2D eigenvalue weighted by Crippen LogP contribution is -2.34. The van der Waals surface area contributed by atoms with E-state index in [0.717, 1.165) is 43.5 Å². The Bertz CT molecular complexity index is 1260. The molecule has 1 aliphatic heterocycles. The maximum absolute atomic E-state index is 12.9. The molecule has 0 saturated carbocycles. The van der Waals surface area contributed by atoms with Crippen molar-refractivity contribution in [1.29, 1.82) is 0 Å². The summed E-state index contributed by atoms with van der Waals surface area (Å²) in [7, 11) is 1.53. The van der Waals surface area contributed by atoms with Crippen LogP contribution >= 0.6 is 0 Å². The van der Waals surface area contributed by atoms with Crippen molar-refractivity contribution in [3.63, 3.8) is 0 Å². The van der Waals surface area contributed by atoms with Crippen molar-refractivity contribution in [1.82, 2.24) is 15.0 Å². The number of methoxy groups -OCH3 is 1. The van der Waals surface area contributed by atoms with Crippen molar-refractivity contribution in [2.45, 2.75) is 39.2 Å². The van der Waals surface area contributed by atoms with Gasteiger partial charge in [-0.05, 0) is 43.9 Å². The number of aryl methyl sites for hydroxylation is 1. The van der Waals surface area contributed by atoms with Gasteiger partial charge >= 0.3 is 12.0 Å². The Labute approximate surface area is 221 Å². The summed E-state index contributed by atoms with van der Waals surface area (Å²) < 4.78 is 5.31. The van der Waals surface area contributed by atoms with Crippen molar-refractivity contribution < 1.29 is 19.4 Å². The molecule has 0 radical (unpaired) electrons. The number of hydrogen-bond acceptors (Lipinski definition) is 8. The zero-order valence-corrected chi connectivity index (χ0v) is 21.7. The molecular weight excluding hydrogens is 486 g/mol. The summed E-state index contributed by atoms with van der Waals surface area (Å²) in [5.74, 6) is 0.431. The first-order valence-corrected chi connectivity index (χ1v) is 12.7. The Kier molecular flexibility index (Phi) is 8.91. The molecule has 0 unspecified atom stereocenters. The maximum Gasteiger partial charge on any atom is 0.326 e. The smallest absolute Gasteiger partial charge is 0.326 e. The van der Waals surface area contributed by atoms with E-state index in [1.54, 1.807) is 23.1 Å². The van der Waals surface area contributed by atoms with E-state index in [4.69, 9.17) is 9.72 Å². The molecule has 3 aromatic rings. The number of nitrogens with zero attached hydrogens (tertiary/aromatic N) is 5. The minimum atomic E-state index is -0.918. The lowest BCUT2D eigenvalue weighted by atomic mass is 10.1. The zero-order valence-electron chi connectivity index (χ0n) is 21.7. The molecule has 0 aliphatic carbocycles. The molecule has 4 rings (SSSR count). The number of aromatic nitrogens is 3. The Morgan fingerprint density at radius 3 is 2.55 bits per heavy atom. The molecule has 1 aromatic heterocycles. The highest BCUT2D eigenvalue weighted by Crippen LogP contribution is 2.24. The fourth-order valence-electron chi connectivity index (χ4n) is 4.30. The highest BCUT2D eigenvalue weighted by atomic mass is 16.5. The molecule has 3 N–H and O–H groups in total. The van der Waals surface area contributed by atoms with Crippen molar-refractivity contribution >= 4 is 35.5 Å². The predicted molar refractivity (Wildman–Crippen MR) is 146 cm³/mol.